The lowest BCUT2D eigenvalue weighted by Crippen LogP contribution is -2.42. The molecule has 0 aromatic heterocycles. The summed E-state index contributed by atoms with van der Waals surface area (Å²) in [7, 11) is 3.14. The number of hydrogen-bond acceptors (Lipinski definition) is 5. The molecule has 0 spiro atoms. The Morgan fingerprint density at radius 2 is 1.71 bits per heavy atom. The molecule has 8 heteroatoms. The molecule has 188 valence electrons. The lowest BCUT2D eigenvalue weighted by Gasteiger charge is -2.21. The first-order valence-electron chi connectivity index (χ1n) is 12.1. The van der Waals surface area contributed by atoms with Crippen LogP contribution in [-0.2, 0) is 22.6 Å². The molecular formula is C27H36N4O4. The van der Waals surface area contributed by atoms with E-state index in [4.69, 9.17) is 15.2 Å². The van der Waals surface area contributed by atoms with Gasteiger partial charge in [-0.3, -0.25) is 14.9 Å². The van der Waals surface area contributed by atoms with Crippen molar-refractivity contribution in [3.63, 3.8) is 0 Å². The number of carbonyl (C=O) groups is 2. The van der Waals surface area contributed by atoms with Gasteiger partial charge in [0, 0.05) is 19.4 Å². The van der Waals surface area contributed by atoms with E-state index in [1.165, 1.54) is 19.3 Å². The SMILES string of the molecule is COc1ccc(CNC(=O)[C@@H](Cc2ccccc2)N=C(N)NC(=O)CC2CCCCC2)cc1OC. The monoisotopic (exact) mass is 480 g/mol. The third-order valence-electron chi connectivity index (χ3n) is 6.25. The van der Waals surface area contributed by atoms with Gasteiger partial charge in [0.05, 0.1) is 14.2 Å². The summed E-state index contributed by atoms with van der Waals surface area (Å²) in [5, 5.41) is 5.60. The molecule has 2 aromatic carbocycles. The van der Waals surface area contributed by atoms with Crippen LogP contribution in [0.15, 0.2) is 53.5 Å². The van der Waals surface area contributed by atoms with E-state index in [1.807, 2.05) is 42.5 Å². The Morgan fingerprint density at radius 1 is 1.00 bits per heavy atom. The fourth-order valence-corrected chi connectivity index (χ4v) is 4.38. The maximum absolute atomic E-state index is 13.1. The van der Waals surface area contributed by atoms with E-state index in [0.717, 1.165) is 24.0 Å². The molecule has 0 heterocycles. The Hall–Kier alpha value is -3.55. The average molecular weight is 481 g/mol. The number of carbonyl (C=O) groups excluding carboxylic acids is 2. The van der Waals surface area contributed by atoms with Gasteiger partial charge in [-0.15, -0.1) is 0 Å². The largest absolute Gasteiger partial charge is 0.493 e. The van der Waals surface area contributed by atoms with Crippen molar-refractivity contribution in [3.8, 4) is 11.5 Å². The molecule has 1 atom stereocenters. The maximum atomic E-state index is 13.1. The zero-order valence-corrected chi connectivity index (χ0v) is 20.6. The van der Waals surface area contributed by atoms with Gasteiger partial charge >= 0.3 is 0 Å². The molecular weight excluding hydrogens is 444 g/mol. The van der Waals surface area contributed by atoms with Crippen LogP contribution in [-0.4, -0.2) is 38.0 Å². The van der Waals surface area contributed by atoms with Crippen LogP contribution in [0.25, 0.3) is 0 Å². The Labute approximate surface area is 207 Å². The van der Waals surface area contributed by atoms with Crippen molar-refractivity contribution in [1.29, 1.82) is 0 Å². The van der Waals surface area contributed by atoms with E-state index in [-0.39, 0.29) is 24.3 Å². The van der Waals surface area contributed by atoms with Gasteiger partial charge in [0.1, 0.15) is 6.04 Å². The highest BCUT2D eigenvalue weighted by molar-refractivity contribution is 5.97. The lowest BCUT2D eigenvalue weighted by molar-refractivity contribution is -0.123. The molecule has 0 radical (unpaired) electrons. The van der Waals surface area contributed by atoms with Crippen LogP contribution in [0, 0.1) is 5.92 Å². The van der Waals surface area contributed by atoms with Crippen LogP contribution in [0.1, 0.15) is 49.7 Å². The fourth-order valence-electron chi connectivity index (χ4n) is 4.38. The summed E-state index contributed by atoms with van der Waals surface area (Å²) in [5.74, 6) is 1.12. The summed E-state index contributed by atoms with van der Waals surface area (Å²) in [6.07, 6.45) is 6.51. The molecule has 1 fully saturated rings. The molecule has 3 rings (SSSR count). The molecule has 1 saturated carbocycles. The summed E-state index contributed by atoms with van der Waals surface area (Å²) in [6.45, 7) is 0.286. The van der Waals surface area contributed by atoms with E-state index in [0.29, 0.717) is 30.3 Å². The van der Waals surface area contributed by atoms with Crippen LogP contribution in [0.5, 0.6) is 11.5 Å². The van der Waals surface area contributed by atoms with Gasteiger partial charge in [-0.25, -0.2) is 4.99 Å². The number of rotatable bonds is 10. The highest BCUT2D eigenvalue weighted by Crippen LogP contribution is 2.27. The predicted octanol–water partition coefficient (Wildman–Crippen LogP) is 3.33. The van der Waals surface area contributed by atoms with Gasteiger partial charge in [-0.1, -0.05) is 55.7 Å². The highest BCUT2D eigenvalue weighted by Gasteiger charge is 2.21. The number of benzene rings is 2. The van der Waals surface area contributed by atoms with Gasteiger partial charge in [0.25, 0.3) is 0 Å². The van der Waals surface area contributed by atoms with E-state index in [9.17, 15) is 9.59 Å². The van der Waals surface area contributed by atoms with Crippen molar-refractivity contribution in [3.05, 3.63) is 59.7 Å². The molecule has 4 N–H and O–H groups in total. The first-order chi connectivity index (χ1) is 17.0. The summed E-state index contributed by atoms with van der Waals surface area (Å²) in [5.41, 5.74) is 7.86. The number of guanidine groups is 1. The number of hydrogen-bond donors (Lipinski definition) is 3. The van der Waals surface area contributed by atoms with E-state index in [2.05, 4.69) is 15.6 Å². The quantitative estimate of drug-likeness (QED) is 0.356. The molecule has 8 nitrogen and oxygen atoms in total. The highest BCUT2D eigenvalue weighted by atomic mass is 16.5. The normalized spacial score (nSPS) is 15.2. The molecule has 0 saturated heterocycles. The number of nitrogens with one attached hydrogen (secondary N) is 2. The van der Waals surface area contributed by atoms with Gasteiger partial charge in [-0.05, 0) is 42.0 Å². The number of nitrogens with two attached hydrogens (primary N) is 1. The third-order valence-corrected chi connectivity index (χ3v) is 6.25. The zero-order valence-electron chi connectivity index (χ0n) is 20.6. The van der Waals surface area contributed by atoms with E-state index in [1.54, 1.807) is 20.3 Å². The van der Waals surface area contributed by atoms with Crippen LogP contribution >= 0.6 is 0 Å². The van der Waals surface area contributed by atoms with Crippen LogP contribution in [0.3, 0.4) is 0 Å². The topological polar surface area (TPSA) is 115 Å². The lowest BCUT2D eigenvalue weighted by atomic mass is 9.87. The number of ether oxygens (including phenoxy) is 2. The molecule has 0 aliphatic heterocycles. The summed E-state index contributed by atoms with van der Waals surface area (Å²) in [4.78, 5) is 29.9. The third kappa shape index (κ3) is 8.31. The minimum atomic E-state index is -0.785. The van der Waals surface area contributed by atoms with Gasteiger partial charge < -0.3 is 20.5 Å². The van der Waals surface area contributed by atoms with Crippen molar-refractivity contribution in [2.24, 2.45) is 16.6 Å². The number of nitrogens with zero attached hydrogens (tertiary/aromatic N) is 1. The van der Waals surface area contributed by atoms with Crippen molar-refractivity contribution in [2.75, 3.05) is 14.2 Å². The fraction of sp³-hybridized carbons (Fsp3) is 0.444. The standard InChI is InChI=1S/C27H36N4O4/c1-34-23-14-13-21(16-24(23)35-2)18-29-26(33)22(15-19-9-5-3-6-10-19)30-27(28)31-25(32)17-20-11-7-4-8-12-20/h3,5-6,9-10,13-14,16,20,22H,4,7-8,11-12,15,17-18H2,1-2H3,(H,29,33)(H3,28,30,31,32)/t22-/m1/s1. The van der Waals surface area contributed by atoms with Gasteiger partial charge in [-0.2, -0.15) is 0 Å². The van der Waals surface area contributed by atoms with Crippen molar-refractivity contribution in [2.45, 2.75) is 57.5 Å². The molecule has 0 unspecified atom stereocenters. The number of amides is 2. The molecule has 2 amide bonds. The Morgan fingerprint density at radius 3 is 2.40 bits per heavy atom. The minimum absolute atomic E-state index is 0.0343. The van der Waals surface area contributed by atoms with Crippen molar-refractivity contribution < 1.29 is 19.1 Å². The van der Waals surface area contributed by atoms with Crippen LogP contribution < -0.4 is 25.8 Å². The Bertz CT molecular complexity index is 1000. The number of methoxy groups -OCH3 is 2. The molecule has 2 aromatic rings. The van der Waals surface area contributed by atoms with Gasteiger partial charge in [0.2, 0.25) is 11.8 Å². The first kappa shape index (κ1) is 26.1. The second-order valence-corrected chi connectivity index (χ2v) is 8.88. The first-order valence-corrected chi connectivity index (χ1v) is 12.1. The Balaban J connectivity index is 1.66. The van der Waals surface area contributed by atoms with E-state index < -0.39 is 6.04 Å². The Kier molecular flexibility index (Phi) is 9.95. The second-order valence-electron chi connectivity index (χ2n) is 8.88. The van der Waals surface area contributed by atoms with Crippen molar-refractivity contribution >= 4 is 17.8 Å². The summed E-state index contributed by atoms with van der Waals surface area (Å²) in [6, 6.07) is 14.3. The molecule has 35 heavy (non-hydrogen) atoms. The second kappa shape index (κ2) is 13.4. The molecule has 0 bridgehead atoms. The van der Waals surface area contributed by atoms with E-state index >= 15 is 0 Å². The summed E-state index contributed by atoms with van der Waals surface area (Å²) < 4.78 is 10.6. The molecule has 1 aliphatic rings. The smallest absolute Gasteiger partial charge is 0.245 e. The maximum Gasteiger partial charge on any atom is 0.245 e. The molecule has 1 aliphatic carbocycles. The average Bonchev–Trinajstić information content (AvgIpc) is 2.87. The predicted molar refractivity (Wildman–Crippen MR) is 136 cm³/mol. The van der Waals surface area contributed by atoms with Crippen LogP contribution in [0.2, 0.25) is 0 Å². The number of aliphatic imine (C=N–C) groups is 1. The van der Waals surface area contributed by atoms with Crippen LogP contribution in [0.4, 0.5) is 0 Å². The minimum Gasteiger partial charge on any atom is -0.493 e. The zero-order chi connectivity index (χ0) is 25.0. The summed E-state index contributed by atoms with van der Waals surface area (Å²) >= 11 is 0. The van der Waals surface area contributed by atoms with Gasteiger partial charge in [0.15, 0.2) is 17.5 Å². The van der Waals surface area contributed by atoms with Crippen molar-refractivity contribution in [1.82, 2.24) is 10.6 Å².